The highest BCUT2D eigenvalue weighted by molar-refractivity contribution is 8.00. The van der Waals surface area contributed by atoms with Crippen molar-refractivity contribution in [3.63, 3.8) is 0 Å². The molecule has 0 bridgehead atoms. The van der Waals surface area contributed by atoms with Crippen LogP contribution in [0.1, 0.15) is 0 Å². The van der Waals surface area contributed by atoms with E-state index in [2.05, 4.69) is 0 Å². The highest BCUT2D eigenvalue weighted by Crippen LogP contribution is 2.21. The van der Waals surface area contributed by atoms with Crippen LogP contribution >= 0.6 is 11.8 Å². The van der Waals surface area contributed by atoms with Crippen LogP contribution in [0.4, 0.5) is 0 Å². The number of ether oxygens (including phenoxy) is 1. The molecule has 0 aliphatic rings. The van der Waals surface area contributed by atoms with Crippen LogP contribution in [0.15, 0.2) is 29.2 Å². The normalized spacial score (nSPS) is 9.95. The van der Waals surface area contributed by atoms with E-state index < -0.39 is 30.9 Å². The molecule has 0 aliphatic carbocycles. The number of benzene rings is 1. The zero-order valence-corrected chi connectivity index (χ0v) is 12.1. The van der Waals surface area contributed by atoms with Crippen molar-refractivity contribution in [1.29, 1.82) is 0 Å². The van der Waals surface area contributed by atoms with Crippen LogP contribution in [-0.2, 0) is 14.4 Å². The molecule has 0 unspecified atom stereocenters. The van der Waals surface area contributed by atoms with Gasteiger partial charge in [-0.3, -0.25) is 14.4 Å². The van der Waals surface area contributed by atoms with Crippen molar-refractivity contribution in [3.05, 3.63) is 24.3 Å². The van der Waals surface area contributed by atoms with Crippen molar-refractivity contribution in [2.75, 3.05) is 26.0 Å². The molecule has 0 saturated heterocycles. The van der Waals surface area contributed by atoms with E-state index in [0.29, 0.717) is 5.75 Å². The lowest BCUT2D eigenvalue weighted by Crippen LogP contribution is -2.40. The number of methoxy groups -OCH3 is 1. The summed E-state index contributed by atoms with van der Waals surface area (Å²) < 4.78 is 5.01. The molecule has 0 radical (unpaired) electrons. The van der Waals surface area contributed by atoms with E-state index in [1.807, 2.05) is 0 Å². The van der Waals surface area contributed by atoms with Crippen LogP contribution in [0.5, 0.6) is 5.75 Å². The predicted octanol–water partition coefficient (Wildman–Crippen LogP) is 0.785. The number of carbonyl (C=O) groups is 3. The van der Waals surface area contributed by atoms with Gasteiger partial charge in [-0.15, -0.1) is 11.8 Å². The first-order valence-electron chi connectivity index (χ1n) is 5.90. The maximum atomic E-state index is 11.9. The average molecular weight is 313 g/mol. The van der Waals surface area contributed by atoms with E-state index in [1.54, 1.807) is 31.4 Å². The third kappa shape index (κ3) is 6.17. The van der Waals surface area contributed by atoms with Gasteiger partial charge in [0.25, 0.3) is 0 Å². The van der Waals surface area contributed by atoms with E-state index in [4.69, 9.17) is 14.9 Å². The zero-order chi connectivity index (χ0) is 15.8. The summed E-state index contributed by atoms with van der Waals surface area (Å²) in [5, 5.41) is 17.4. The standard InChI is InChI=1S/C13H15NO6S/c1-20-9-2-4-10(5-3-9)21-8-11(15)14(6-12(16)17)7-13(18)19/h2-5H,6-8H2,1H3,(H,16,17)(H,18,19). The van der Waals surface area contributed by atoms with Gasteiger partial charge in [0.05, 0.1) is 12.9 Å². The quantitative estimate of drug-likeness (QED) is 0.683. The Kier molecular flexibility index (Phi) is 6.54. The summed E-state index contributed by atoms with van der Waals surface area (Å²) in [7, 11) is 1.54. The van der Waals surface area contributed by atoms with Gasteiger partial charge in [-0.1, -0.05) is 0 Å². The first-order chi connectivity index (χ1) is 9.92. The number of hydrogen-bond donors (Lipinski definition) is 2. The smallest absolute Gasteiger partial charge is 0.323 e. The van der Waals surface area contributed by atoms with Gasteiger partial charge in [0.15, 0.2) is 0 Å². The first kappa shape index (κ1) is 16.8. The first-order valence-corrected chi connectivity index (χ1v) is 6.89. The van der Waals surface area contributed by atoms with Crippen molar-refractivity contribution >= 4 is 29.6 Å². The summed E-state index contributed by atoms with van der Waals surface area (Å²) >= 11 is 1.20. The zero-order valence-electron chi connectivity index (χ0n) is 11.3. The predicted molar refractivity (Wildman–Crippen MR) is 75.6 cm³/mol. The van der Waals surface area contributed by atoms with Crippen molar-refractivity contribution < 1.29 is 29.3 Å². The minimum atomic E-state index is -1.25. The summed E-state index contributed by atoms with van der Waals surface area (Å²) in [6.45, 7) is -1.26. The summed E-state index contributed by atoms with van der Waals surface area (Å²) in [5.41, 5.74) is 0. The second kappa shape index (κ2) is 8.15. The Morgan fingerprint density at radius 1 is 1.10 bits per heavy atom. The van der Waals surface area contributed by atoms with Gasteiger partial charge in [0, 0.05) is 4.90 Å². The van der Waals surface area contributed by atoms with Crippen LogP contribution in [0, 0.1) is 0 Å². The maximum Gasteiger partial charge on any atom is 0.323 e. The number of amides is 1. The number of carboxylic acid groups (broad SMARTS) is 2. The molecule has 0 aliphatic heterocycles. The van der Waals surface area contributed by atoms with Gasteiger partial charge < -0.3 is 19.8 Å². The molecule has 2 N–H and O–H groups in total. The van der Waals surface area contributed by atoms with Crippen LogP contribution in [-0.4, -0.2) is 58.9 Å². The van der Waals surface area contributed by atoms with E-state index in [1.165, 1.54) is 11.8 Å². The number of rotatable bonds is 8. The van der Waals surface area contributed by atoms with Crippen molar-refractivity contribution in [2.45, 2.75) is 4.90 Å². The fourth-order valence-corrected chi connectivity index (χ4v) is 2.27. The summed E-state index contributed by atoms with van der Waals surface area (Å²) in [5.74, 6) is -2.39. The van der Waals surface area contributed by atoms with Crippen LogP contribution in [0.3, 0.4) is 0 Å². The summed E-state index contributed by atoms with van der Waals surface area (Å²) in [6, 6.07) is 6.99. The van der Waals surface area contributed by atoms with Gasteiger partial charge in [-0.05, 0) is 24.3 Å². The largest absolute Gasteiger partial charge is 0.497 e. The van der Waals surface area contributed by atoms with Gasteiger partial charge >= 0.3 is 11.9 Å². The third-order valence-corrected chi connectivity index (χ3v) is 3.42. The second-order valence-corrected chi connectivity index (χ2v) is 5.05. The van der Waals surface area contributed by atoms with Gasteiger partial charge in [-0.25, -0.2) is 0 Å². The second-order valence-electron chi connectivity index (χ2n) is 4.00. The number of carboxylic acids is 2. The highest BCUT2D eigenvalue weighted by Gasteiger charge is 2.19. The molecular weight excluding hydrogens is 298 g/mol. The molecule has 114 valence electrons. The number of aliphatic carboxylic acids is 2. The molecule has 0 fully saturated rings. The van der Waals surface area contributed by atoms with Crippen LogP contribution in [0.25, 0.3) is 0 Å². The molecule has 21 heavy (non-hydrogen) atoms. The topological polar surface area (TPSA) is 104 Å². The molecule has 0 spiro atoms. The molecule has 0 aromatic heterocycles. The molecule has 1 aromatic carbocycles. The molecule has 0 atom stereocenters. The van der Waals surface area contributed by atoms with Crippen molar-refractivity contribution in [1.82, 2.24) is 4.90 Å². The lowest BCUT2D eigenvalue weighted by atomic mass is 10.3. The SMILES string of the molecule is COc1ccc(SCC(=O)N(CC(=O)O)CC(=O)O)cc1. The Balaban J connectivity index is 2.59. The Bertz CT molecular complexity index is 500. The molecule has 8 heteroatoms. The minimum Gasteiger partial charge on any atom is -0.497 e. The fraction of sp³-hybridized carbons (Fsp3) is 0.308. The maximum absolute atomic E-state index is 11.9. The Hall–Kier alpha value is -2.22. The Morgan fingerprint density at radius 2 is 1.62 bits per heavy atom. The lowest BCUT2D eigenvalue weighted by Gasteiger charge is -2.18. The molecular formula is C13H15NO6S. The average Bonchev–Trinajstić information content (AvgIpc) is 2.43. The Labute approximate surface area is 125 Å². The minimum absolute atomic E-state index is 0.0348. The van der Waals surface area contributed by atoms with Crippen molar-refractivity contribution in [3.8, 4) is 5.75 Å². The summed E-state index contributed by atoms with van der Waals surface area (Å²) in [6.07, 6.45) is 0. The van der Waals surface area contributed by atoms with E-state index in [-0.39, 0.29) is 5.75 Å². The number of thioether (sulfide) groups is 1. The fourth-order valence-electron chi connectivity index (χ4n) is 1.47. The molecule has 1 aromatic rings. The van der Waals surface area contributed by atoms with Gasteiger partial charge in [0.2, 0.25) is 5.91 Å². The highest BCUT2D eigenvalue weighted by atomic mass is 32.2. The van der Waals surface area contributed by atoms with Crippen LogP contribution in [0.2, 0.25) is 0 Å². The monoisotopic (exact) mass is 313 g/mol. The number of hydrogen-bond acceptors (Lipinski definition) is 5. The van der Waals surface area contributed by atoms with E-state index in [9.17, 15) is 14.4 Å². The van der Waals surface area contributed by atoms with Gasteiger partial charge in [-0.2, -0.15) is 0 Å². The van der Waals surface area contributed by atoms with Crippen LogP contribution < -0.4 is 4.74 Å². The van der Waals surface area contributed by atoms with Crippen molar-refractivity contribution in [2.24, 2.45) is 0 Å². The molecule has 1 rings (SSSR count). The lowest BCUT2D eigenvalue weighted by molar-refractivity contribution is -0.148. The number of carbonyl (C=O) groups excluding carboxylic acids is 1. The summed E-state index contributed by atoms with van der Waals surface area (Å²) in [4.78, 5) is 34.7. The third-order valence-electron chi connectivity index (χ3n) is 2.43. The molecule has 7 nitrogen and oxygen atoms in total. The number of nitrogens with zero attached hydrogens (tertiary/aromatic N) is 1. The molecule has 0 saturated carbocycles. The van der Waals surface area contributed by atoms with Gasteiger partial charge in [0.1, 0.15) is 18.8 Å². The van der Waals surface area contributed by atoms with E-state index in [0.717, 1.165) is 9.80 Å². The molecule has 1 amide bonds. The Morgan fingerprint density at radius 3 is 2.05 bits per heavy atom. The molecule has 0 heterocycles. The van der Waals surface area contributed by atoms with E-state index >= 15 is 0 Å².